The lowest BCUT2D eigenvalue weighted by Crippen LogP contribution is -1.96. The average molecular weight is 279 g/mol. The molecule has 0 aliphatic rings. The Morgan fingerprint density at radius 1 is 1.10 bits per heavy atom. The summed E-state index contributed by atoms with van der Waals surface area (Å²) in [4.78, 5) is 19.9. The standard InChI is InChI=1S/C13H7F2NO4/c14-10-6-13(11(15)5-12(10)16(18)19)20-9-3-1-8(7-17)2-4-9/h1-7H. The smallest absolute Gasteiger partial charge is 0.307 e. The van der Waals surface area contributed by atoms with Crippen LogP contribution in [0.1, 0.15) is 10.4 Å². The molecule has 5 nitrogen and oxygen atoms in total. The van der Waals surface area contributed by atoms with E-state index in [1.807, 2.05) is 0 Å². The van der Waals surface area contributed by atoms with Crippen LogP contribution in [0.15, 0.2) is 36.4 Å². The number of nitro benzene ring substituents is 1. The van der Waals surface area contributed by atoms with Crippen molar-refractivity contribution >= 4 is 12.0 Å². The molecule has 2 aromatic carbocycles. The monoisotopic (exact) mass is 279 g/mol. The number of hydrogen-bond acceptors (Lipinski definition) is 4. The molecule has 0 saturated carbocycles. The van der Waals surface area contributed by atoms with E-state index in [9.17, 15) is 23.7 Å². The first kappa shape index (κ1) is 13.6. The van der Waals surface area contributed by atoms with Crippen molar-refractivity contribution in [3.63, 3.8) is 0 Å². The number of aldehydes is 1. The van der Waals surface area contributed by atoms with Crippen LogP contribution < -0.4 is 4.74 Å². The lowest BCUT2D eigenvalue weighted by molar-refractivity contribution is -0.387. The Labute approximate surface area is 111 Å². The second-order valence-electron chi connectivity index (χ2n) is 3.78. The summed E-state index contributed by atoms with van der Waals surface area (Å²) >= 11 is 0. The zero-order valence-corrected chi connectivity index (χ0v) is 9.88. The van der Waals surface area contributed by atoms with E-state index >= 15 is 0 Å². The molecule has 0 spiro atoms. The van der Waals surface area contributed by atoms with Crippen LogP contribution in [0, 0.1) is 21.7 Å². The number of rotatable bonds is 4. The number of carbonyl (C=O) groups excluding carboxylic acids is 1. The van der Waals surface area contributed by atoms with E-state index in [-0.39, 0.29) is 5.75 Å². The molecule has 0 heterocycles. The van der Waals surface area contributed by atoms with Gasteiger partial charge >= 0.3 is 5.69 Å². The molecule has 2 rings (SSSR count). The molecular weight excluding hydrogens is 272 g/mol. The fraction of sp³-hybridized carbons (Fsp3) is 0. The van der Waals surface area contributed by atoms with Gasteiger partial charge in [-0.25, -0.2) is 4.39 Å². The highest BCUT2D eigenvalue weighted by molar-refractivity contribution is 5.74. The highest BCUT2D eigenvalue weighted by atomic mass is 19.1. The molecule has 7 heteroatoms. The van der Waals surface area contributed by atoms with Crippen molar-refractivity contribution in [1.29, 1.82) is 0 Å². The zero-order chi connectivity index (χ0) is 14.7. The molecule has 0 unspecified atom stereocenters. The minimum Gasteiger partial charge on any atom is -0.454 e. The van der Waals surface area contributed by atoms with E-state index in [0.29, 0.717) is 24.0 Å². The molecule has 0 N–H and O–H groups in total. The Kier molecular flexibility index (Phi) is 3.69. The van der Waals surface area contributed by atoms with E-state index < -0.39 is 28.0 Å². The summed E-state index contributed by atoms with van der Waals surface area (Å²) in [7, 11) is 0. The third kappa shape index (κ3) is 2.77. The first-order chi connectivity index (χ1) is 9.51. The third-order valence-electron chi connectivity index (χ3n) is 2.44. The van der Waals surface area contributed by atoms with Gasteiger partial charge in [0.1, 0.15) is 12.0 Å². The van der Waals surface area contributed by atoms with Crippen LogP contribution in [0.4, 0.5) is 14.5 Å². The van der Waals surface area contributed by atoms with Gasteiger partial charge in [0, 0.05) is 11.6 Å². The quantitative estimate of drug-likeness (QED) is 0.488. The molecular formula is C13H7F2NO4. The third-order valence-corrected chi connectivity index (χ3v) is 2.44. The molecule has 20 heavy (non-hydrogen) atoms. The van der Waals surface area contributed by atoms with Crippen LogP contribution in [-0.4, -0.2) is 11.2 Å². The van der Waals surface area contributed by atoms with Gasteiger partial charge in [-0.15, -0.1) is 0 Å². The Hall–Kier alpha value is -2.83. The first-order valence-electron chi connectivity index (χ1n) is 5.38. The Morgan fingerprint density at radius 3 is 2.30 bits per heavy atom. The van der Waals surface area contributed by atoms with Crippen LogP contribution in [0.5, 0.6) is 11.5 Å². The molecule has 2 aromatic rings. The fourth-order valence-corrected chi connectivity index (χ4v) is 1.48. The Morgan fingerprint density at radius 2 is 1.75 bits per heavy atom. The minimum atomic E-state index is -1.20. The van der Waals surface area contributed by atoms with E-state index in [2.05, 4.69) is 0 Å². The minimum absolute atomic E-state index is 0.169. The number of ether oxygens (including phenoxy) is 1. The summed E-state index contributed by atoms with van der Waals surface area (Å²) < 4.78 is 32.0. The molecule has 0 fully saturated rings. The summed E-state index contributed by atoms with van der Waals surface area (Å²) in [5.74, 6) is -2.57. The van der Waals surface area contributed by atoms with Crippen molar-refractivity contribution in [3.8, 4) is 11.5 Å². The molecule has 102 valence electrons. The largest absolute Gasteiger partial charge is 0.454 e. The lowest BCUT2D eigenvalue weighted by atomic mass is 10.2. The highest BCUT2D eigenvalue weighted by Gasteiger charge is 2.19. The van der Waals surface area contributed by atoms with Gasteiger partial charge in [0.2, 0.25) is 5.82 Å². The van der Waals surface area contributed by atoms with Gasteiger partial charge in [-0.2, -0.15) is 4.39 Å². The maximum Gasteiger partial charge on any atom is 0.307 e. The molecule has 0 saturated heterocycles. The average Bonchev–Trinajstić information content (AvgIpc) is 2.43. The van der Waals surface area contributed by atoms with Gasteiger partial charge in [-0.05, 0) is 24.3 Å². The summed E-state index contributed by atoms with van der Waals surface area (Å²) in [5.41, 5.74) is -0.571. The molecule has 0 radical (unpaired) electrons. The Bertz CT molecular complexity index is 671. The maximum absolute atomic E-state index is 13.6. The summed E-state index contributed by atoms with van der Waals surface area (Å²) in [6.07, 6.45) is 0.621. The first-order valence-corrected chi connectivity index (χ1v) is 5.38. The van der Waals surface area contributed by atoms with Crippen molar-refractivity contribution in [3.05, 3.63) is 63.7 Å². The van der Waals surface area contributed by atoms with E-state index in [1.165, 1.54) is 24.3 Å². The fourth-order valence-electron chi connectivity index (χ4n) is 1.48. The number of nitrogens with zero attached hydrogens (tertiary/aromatic N) is 1. The maximum atomic E-state index is 13.6. The van der Waals surface area contributed by atoms with Crippen LogP contribution in [0.25, 0.3) is 0 Å². The molecule has 0 amide bonds. The summed E-state index contributed by atoms with van der Waals surface area (Å²) in [6, 6.07) is 6.69. The summed E-state index contributed by atoms with van der Waals surface area (Å²) in [5, 5.41) is 10.4. The van der Waals surface area contributed by atoms with Crippen LogP contribution >= 0.6 is 0 Å². The van der Waals surface area contributed by atoms with Crippen molar-refractivity contribution in [2.24, 2.45) is 0 Å². The van der Waals surface area contributed by atoms with Crippen molar-refractivity contribution in [2.75, 3.05) is 0 Å². The number of halogens is 2. The van der Waals surface area contributed by atoms with Gasteiger partial charge < -0.3 is 4.74 Å². The molecule has 0 atom stereocenters. The van der Waals surface area contributed by atoms with Gasteiger partial charge in [0.25, 0.3) is 0 Å². The highest BCUT2D eigenvalue weighted by Crippen LogP contribution is 2.30. The zero-order valence-electron chi connectivity index (χ0n) is 9.88. The number of nitro groups is 1. The van der Waals surface area contributed by atoms with Crippen molar-refractivity contribution < 1.29 is 23.2 Å². The number of benzene rings is 2. The second kappa shape index (κ2) is 5.43. The topological polar surface area (TPSA) is 69.4 Å². The number of hydrogen-bond donors (Lipinski definition) is 0. The van der Waals surface area contributed by atoms with Crippen molar-refractivity contribution in [2.45, 2.75) is 0 Å². The van der Waals surface area contributed by atoms with Crippen LogP contribution in [0.3, 0.4) is 0 Å². The molecule has 0 bridgehead atoms. The van der Waals surface area contributed by atoms with Gasteiger partial charge in [-0.1, -0.05) is 0 Å². The molecule has 0 aliphatic heterocycles. The Balaban J connectivity index is 2.31. The van der Waals surface area contributed by atoms with Gasteiger partial charge in [0.05, 0.1) is 11.0 Å². The van der Waals surface area contributed by atoms with E-state index in [1.54, 1.807) is 0 Å². The number of carbonyl (C=O) groups is 1. The SMILES string of the molecule is O=Cc1ccc(Oc2cc(F)c([N+](=O)[O-])cc2F)cc1. The summed E-state index contributed by atoms with van der Waals surface area (Å²) in [6.45, 7) is 0. The van der Waals surface area contributed by atoms with E-state index in [0.717, 1.165) is 0 Å². The molecule has 0 aromatic heterocycles. The normalized spacial score (nSPS) is 10.1. The lowest BCUT2D eigenvalue weighted by Gasteiger charge is -2.07. The predicted octanol–water partition coefficient (Wildman–Crippen LogP) is 3.48. The van der Waals surface area contributed by atoms with Crippen molar-refractivity contribution in [1.82, 2.24) is 0 Å². The predicted molar refractivity (Wildman–Crippen MR) is 64.9 cm³/mol. The van der Waals surface area contributed by atoms with Gasteiger partial charge in [0.15, 0.2) is 11.6 Å². The van der Waals surface area contributed by atoms with Crippen LogP contribution in [-0.2, 0) is 0 Å². The van der Waals surface area contributed by atoms with E-state index in [4.69, 9.17) is 4.74 Å². The second-order valence-corrected chi connectivity index (χ2v) is 3.78. The van der Waals surface area contributed by atoms with Crippen LogP contribution in [0.2, 0.25) is 0 Å². The molecule has 0 aliphatic carbocycles. The van der Waals surface area contributed by atoms with Gasteiger partial charge in [-0.3, -0.25) is 14.9 Å².